The molecule has 8 nitrogen and oxygen atoms in total. The van der Waals surface area contributed by atoms with E-state index in [1.165, 1.54) is 0 Å². The topological polar surface area (TPSA) is 111 Å². The van der Waals surface area contributed by atoms with Crippen LogP contribution in [0.3, 0.4) is 0 Å². The zero-order valence-corrected chi connectivity index (χ0v) is 15.3. The lowest BCUT2D eigenvalue weighted by Crippen LogP contribution is -2.34. The number of carbonyl (C=O) groups excluding carboxylic acids is 3. The van der Waals surface area contributed by atoms with Crippen LogP contribution >= 0.6 is 0 Å². The first-order chi connectivity index (χ1) is 12.0. The smallest absolute Gasteiger partial charge is 0.416 e. The second-order valence-electron chi connectivity index (χ2n) is 5.60. The van der Waals surface area contributed by atoms with E-state index in [1.54, 1.807) is 6.92 Å². The summed E-state index contributed by atoms with van der Waals surface area (Å²) in [5.74, 6) is -1.09. The highest BCUT2D eigenvalue weighted by Gasteiger charge is 2.14. The van der Waals surface area contributed by atoms with E-state index in [0.29, 0.717) is 13.2 Å². The van der Waals surface area contributed by atoms with Gasteiger partial charge in [0.25, 0.3) is 0 Å². The molecule has 0 fully saturated rings. The van der Waals surface area contributed by atoms with Crippen molar-refractivity contribution in [3.05, 3.63) is 0 Å². The number of carbonyl (C=O) groups is 3. The molecule has 8 heteroatoms. The molecule has 0 saturated heterocycles. The van der Waals surface area contributed by atoms with Crippen LogP contribution in [-0.4, -0.2) is 49.2 Å². The van der Waals surface area contributed by atoms with Crippen molar-refractivity contribution in [2.24, 2.45) is 0 Å². The van der Waals surface area contributed by atoms with Crippen molar-refractivity contribution in [2.45, 2.75) is 71.5 Å². The number of esters is 1. The molecular formula is C17H31NO7. The normalized spacial score (nSPS) is 11.6. The molecule has 25 heavy (non-hydrogen) atoms. The Morgan fingerprint density at radius 3 is 2.40 bits per heavy atom. The minimum Gasteiger partial charge on any atom is -0.466 e. The molecule has 0 aliphatic carbocycles. The van der Waals surface area contributed by atoms with Crippen LogP contribution in [0.25, 0.3) is 0 Å². The predicted molar refractivity (Wildman–Crippen MR) is 90.7 cm³/mol. The van der Waals surface area contributed by atoms with Crippen molar-refractivity contribution in [1.29, 1.82) is 0 Å². The van der Waals surface area contributed by atoms with Gasteiger partial charge in [-0.1, -0.05) is 19.8 Å². The molecule has 0 aliphatic rings. The van der Waals surface area contributed by atoms with Crippen LogP contribution in [0.1, 0.15) is 65.2 Å². The van der Waals surface area contributed by atoms with E-state index in [2.05, 4.69) is 0 Å². The Kier molecular flexibility index (Phi) is 14.8. The summed E-state index contributed by atoms with van der Waals surface area (Å²) >= 11 is 0. The molecule has 1 unspecified atom stereocenters. The summed E-state index contributed by atoms with van der Waals surface area (Å²) in [6.07, 6.45) is 3.17. The Morgan fingerprint density at radius 1 is 1.00 bits per heavy atom. The number of ether oxygens (including phenoxy) is 3. The Balaban J connectivity index is 3.70. The van der Waals surface area contributed by atoms with Crippen LogP contribution in [0, 0.1) is 0 Å². The lowest BCUT2D eigenvalue weighted by atomic mass is 10.2. The first-order valence-corrected chi connectivity index (χ1v) is 8.88. The van der Waals surface area contributed by atoms with Gasteiger partial charge >= 0.3 is 12.1 Å². The lowest BCUT2D eigenvalue weighted by Gasteiger charge is -2.13. The number of aliphatic hydroxyl groups excluding tert-OH is 1. The quantitative estimate of drug-likeness (QED) is 0.277. The first kappa shape index (κ1) is 23.3. The second kappa shape index (κ2) is 15.8. The van der Waals surface area contributed by atoms with Crippen molar-refractivity contribution in [1.82, 2.24) is 5.32 Å². The predicted octanol–water partition coefficient (Wildman–Crippen LogP) is 2.28. The van der Waals surface area contributed by atoms with E-state index in [0.717, 1.165) is 38.5 Å². The van der Waals surface area contributed by atoms with E-state index in [-0.39, 0.29) is 19.4 Å². The summed E-state index contributed by atoms with van der Waals surface area (Å²) in [4.78, 5) is 34.5. The van der Waals surface area contributed by atoms with E-state index in [9.17, 15) is 14.4 Å². The van der Waals surface area contributed by atoms with Gasteiger partial charge in [-0.2, -0.15) is 0 Å². The van der Waals surface area contributed by atoms with Gasteiger partial charge in [-0.05, 0) is 32.6 Å². The van der Waals surface area contributed by atoms with Crippen molar-refractivity contribution in [2.75, 3.05) is 19.8 Å². The number of hydrogen-bond acceptors (Lipinski definition) is 7. The molecule has 0 heterocycles. The molecule has 0 spiro atoms. The van der Waals surface area contributed by atoms with Crippen LogP contribution in [0.15, 0.2) is 0 Å². The van der Waals surface area contributed by atoms with Gasteiger partial charge in [0.2, 0.25) is 12.2 Å². The van der Waals surface area contributed by atoms with E-state index < -0.39 is 24.3 Å². The van der Waals surface area contributed by atoms with Crippen molar-refractivity contribution in [3.8, 4) is 0 Å². The van der Waals surface area contributed by atoms with Crippen LogP contribution < -0.4 is 5.32 Å². The Bertz CT molecular complexity index is 387. The average Bonchev–Trinajstić information content (AvgIpc) is 2.56. The SMILES string of the molecule is CCCCOC(C)OC(=O)NC(=O)CCC(=O)OCCCCCCO. The number of alkyl carbamates (subject to hydrolysis) is 1. The Hall–Kier alpha value is -1.67. The minimum atomic E-state index is -0.897. The summed E-state index contributed by atoms with van der Waals surface area (Å²) < 4.78 is 15.1. The molecular weight excluding hydrogens is 330 g/mol. The van der Waals surface area contributed by atoms with Gasteiger partial charge in [0.1, 0.15) is 0 Å². The van der Waals surface area contributed by atoms with Crippen LogP contribution in [0.4, 0.5) is 4.79 Å². The van der Waals surface area contributed by atoms with Crippen molar-refractivity contribution < 1.29 is 33.7 Å². The van der Waals surface area contributed by atoms with Gasteiger partial charge in [0.05, 0.1) is 19.6 Å². The summed E-state index contributed by atoms with van der Waals surface area (Å²) in [6.45, 7) is 4.52. The fourth-order valence-corrected chi connectivity index (χ4v) is 1.83. The maximum absolute atomic E-state index is 11.6. The number of hydrogen-bond donors (Lipinski definition) is 2. The van der Waals surface area contributed by atoms with Gasteiger partial charge in [0, 0.05) is 13.0 Å². The minimum absolute atomic E-state index is 0.0989. The molecule has 0 aromatic rings. The molecule has 146 valence electrons. The number of nitrogens with one attached hydrogen (secondary N) is 1. The molecule has 0 aromatic heterocycles. The van der Waals surface area contributed by atoms with Crippen LogP contribution in [-0.2, 0) is 23.8 Å². The van der Waals surface area contributed by atoms with Crippen LogP contribution in [0.5, 0.6) is 0 Å². The monoisotopic (exact) mass is 361 g/mol. The Labute approximate surface area is 149 Å². The van der Waals surface area contributed by atoms with E-state index in [4.69, 9.17) is 19.3 Å². The van der Waals surface area contributed by atoms with Crippen molar-refractivity contribution in [3.63, 3.8) is 0 Å². The molecule has 2 amide bonds. The maximum atomic E-state index is 11.6. The van der Waals surface area contributed by atoms with E-state index >= 15 is 0 Å². The van der Waals surface area contributed by atoms with Gasteiger partial charge in [-0.25, -0.2) is 4.79 Å². The highest BCUT2D eigenvalue weighted by molar-refractivity contribution is 5.93. The van der Waals surface area contributed by atoms with E-state index in [1.807, 2.05) is 12.2 Å². The third kappa shape index (κ3) is 15.6. The van der Waals surface area contributed by atoms with Gasteiger partial charge in [0.15, 0.2) is 0 Å². The standard InChI is InChI=1S/C17H31NO7/c1-3-4-12-23-14(2)25-17(22)18-15(20)9-10-16(21)24-13-8-6-5-7-11-19/h14,19H,3-13H2,1-2H3,(H,18,20,22). The molecule has 0 radical (unpaired) electrons. The van der Waals surface area contributed by atoms with Gasteiger partial charge in [-0.15, -0.1) is 0 Å². The average molecular weight is 361 g/mol. The molecule has 1 atom stereocenters. The first-order valence-electron chi connectivity index (χ1n) is 8.88. The number of imide groups is 1. The molecule has 0 saturated carbocycles. The number of amides is 2. The number of rotatable bonds is 14. The second-order valence-corrected chi connectivity index (χ2v) is 5.60. The third-order valence-electron chi connectivity index (χ3n) is 3.24. The van der Waals surface area contributed by atoms with Gasteiger partial charge in [-0.3, -0.25) is 14.9 Å². The molecule has 2 N–H and O–H groups in total. The largest absolute Gasteiger partial charge is 0.466 e. The highest BCUT2D eigenvalue weighted by atomic mass is 16.7. The van der Waals surface area contributed by atoms with Gasteiger partial charge < -0.3 is 19.3 Å². The van der Waals surface area contributed by atoms with Crippen LogP contribution in [0.2, 0.25) is 0 Å². The molecule has 0 rings (SSSR count). The Morgan fingerprint density at radius 2 is 1.72 bits per heavy atom. The molecule has 0 bridgehead atoms. The fraction of sp³-hybridized carbons (Fsp3) is 0.824. The van der Waals surface area contributed by atoms with Crippen molar-refractivity contribution >= 4 is 18.0 Å². The zero-order valence-electron chi connectivity index (χ0n) is 15.3. The highest BCUT2D eigenvalue weighted by Crippen LogP contribution is 2.01. The molecule has 0 aliphatic heterocycles. The summed E-state index contributed by atoms with van der Waals surface area (Å²) in [5.41, 5.74) is 0. The zero-order chi connectivity index (χ0) is 18.9. The number of unbranched alkanes of at least 4 members (excludes halogenated alkanes) is 4. The number of aliphatic hydroxyl groups is 1. The lowest BCUT2D eigenvalue weighted by molar-refractivity contribution is -0.145. The summed E-state index contributed by atoms with van der Waals surface area (Å²) in [6, 6.07) is 0. The summed E-state index contributed by atoms with van der Waals surface area (Å²) in [7, 11) is 0. The third-order valence-corrected chi connectivity index (χ3v) is 3.24. The fourth-order valence-electron chi connectivity index (χ4n) is 1.83. The molecule has 0 aromatic carbocycles. The maximum Gasteiger partial charge on any atom is 0.416 e. The summed E-state index contributed by atoms with van der Waals surface area (Å²) in [5, 5.41) is 10.7.